The van der Waals surface area contributed by atoms with Crippen molar-refractivity contribution in [2.45, 2.75) is 6.10 Å². The maximum absolute atomic E-state index is 10.2. The van der Waals surface area contributed by atoms with Gasteiger partial charge in [0.1, 0.15) is 12.9 Å². The molecular weight excluding hydrogens is 216 g/mol. The van der Waals surface area contributed by atoms with E-state index in [-0.39, 0.29) is 20.0 Å². The Morgan fingerprint density at radius 1 is 1.29 bits per heavy atom. The van der Waals surface area contributed by atoms with E-state index < -0.39 is 28.6 Å². The van der Waals surface area contributed by atoms with Crippen molar-refractivity contribution in [1.82, 2.24) is 0 Å². The SMILES string of the molecule is O=S(=O)(O)CCOCOC[C@H](O)CO. The molecule has 0 amide bonds. The molecule has 0 aliphatic heterocycles. The molecule has 0 aromatic heterocycles. The zero-order valence-corrected chi connectivity index (χ0v) is 8.31. The Morgan fingerprint density at radius 2 is 1.93 bits per heavy atom. The summed E-state index contributed by atoms with van der Waals surface area (Å²) < 4.78 is 38.0. The lowest BCUT2D eigenvalue weighted by atomic mass is 10.4. The molecule has 0 aliphatic carbocycles. The van der Waals surface area contributed by atoms with Gasteiger partial charge in [0.2, 0.25) is 0 Å². The average Bonchev–Trinajstić information content (AvgIpc) is 2.08. The zero-order chi connectivity index (χ0) is 11.0. The van der Waals surface area contributed by atoms with Crippen LogP contribution in [0.2, 0.25) is 0 Å². The number of ether oxygens (including phenoxy) is 2. The molecule has 0 aromatic rings. The van der Waals surface area contributed by atoms with Crippen molar-refractivity contribution in [3.63, 3.8) is 0 Å². The number of hydrogen-bond acceptors (Lipinski definition) is 6. The molecule has 86 valence electrons. The minimum Gasteiger partial charge on any atom is -0.394 e. The molecule has 0 saturated carbocycles. The van der Waals surface area contributed by atoms with Gasteiger partial charge in [-0.15, -0.1) is 0 Å². The van der Waals surface area contributed by atoms with Crippen LogP contribution in [0.25, 0.3) is 0 Å². The molecule has 3 N–H and O–H groups in total. The molecule has 0 spiro atoms. The van der Waals surface area contributed by atoms with Crippen LogP contribution >= 0.6 is 0 Å². The van der Waals surface area contributed by atoms with Crippen molar-refractivity contribution < 1.29 is 32.7 Å². The van der Waals surface area contributed by atoms with Crippen molar-refractivity contribution in [2.75, 3.05) is 32.4 Å². The third-order valence-electron chi connectivity index (χ3n) is 1.17. The molecular formula is C6H14O7S. The van der Waals surface area contributed by atoms with Gasteiger partial charge in [0.05, 0.1) is 25.6 Å². The van der Waals surface area contributed by atoms with E-state index in [2.05, 4.69) is 4.74 Å². The Kier molecular flexibility index (Phi) is 6.97. The fourth-order valence-corrected chi connectivity index (χ4v) is 0.847. The van der Waals surface area contributed by atoms with Gasteiger partial charge in [0.25, 0.3) is 10.1 Å². The summed E-state index contributed by atoms with van der Waals surface area (Å²) in [6.07, 6.45) is -0.972. The second-order valence-corrected chi connectivity index (χ2v) is 4.09. The van der Waals surface area contributed by atoms with Crippen molar-refractivity contribution >= 4 is 10.1 Å². The normalized spacial score (nSPS) is 14.2. The first-order valence-electron chi connectivity index (χ1n) is 3.85. The zero-order valence-electron chi connectivity index (χ0n) is 7.50. The molecule has 0 saturated heterocycles. The lowest BCUT2D eigenvalue weighted by molar-refractivity contribution is -0.0824. The predicted molar refractivity (Wildman–Crippen MR) is 46.3 cm³/mol. The van der Waals surface area contributed by atoms with Gasteiger partial charge in [-0.25, -0.2) is 0 Å². The van der Waals surface area contributed by atoms with Gasteiger partial charge in [0.15, 0.2) is 0 Å². The highest BCUT2D eigenvalue weighted by atomic mass is 32.2. The number of aliphatic hydroxyl groups is 2. The van der Waals surface area contributed by atoms with Gasteiger partial charge in [-0.1, -0.05) is 0 Å². The summed E-state index contributed by atoms with van der Waals surface area (Å²) in [6.45, 7) is -0.895. The first kappa shape index (κ1) is 13.8. The minimum absolute atomic E-state index is 0.0949. The second kappa shape index (κ2) is 7.10. The summed E-state index contributed by atoms with van der Waals surface area (Å²) >= 11 is 0. The van der Waals surface area contributed by atoms with Gasteiger partial charge >= 0.3 is 0 Å². The van der Waals surface area contributed by atoms with E-state index in [4.69, 9.17) is 19.5 Å². The Bertz CT molecular complexity index is 224. The third kappa shape index (κ3) is 9.84. The molecule has 1 atom stereocenters. The van der Waals surface area contributed by atoms with E-state index >= 15 is 0 Å². The van der Waals surface area contributed by atoms with Crippen LogP contribution in [0.5, 0.6) is 0 Å². The van der Waals surface area contributed by atoms with E-state index in [0.717, 1.165) is 0 Å². The first-order chi connectivity index (χ1) is 6.45. The minimum atomic E-state index is -4.00. The highest BCUT2D eigenvalue weighted by Crippen LogP contribution is 1.87. The molecule has 0 rings (SSSR count). The van der Waals surface area contributed by atoms with E-state index in [1.807, 2.05) is 0 Å². The lowest BCUT2D eigenvalue weighted by Crippen LogP contribution is -2.21. The van der Waals surface area contributed by atoms with Gasteiger partial charge in [-0.2, -0.15) is 8.42 Å². The lowest BCUT2D eigenvalue weighted by Gasteiger charge is -2.08. The van der Waals surface area contributed by atoms with Crippen LogP contribution < -0.4 is 0 Å². The standard InChI is InChI=1S/C6H14O7S/c7-3-6(8)4-13-5-12-1-2-14(9,10)11/h6-8H,1-5H2,(H,9,10,11)/t6-/m1/s1. The highest BCUT2D eigenvalue weighted by molar-refractivity contribution is 7.85. The summed E-state index contributed by atoms with van der Waals surface area (Å²) in [5.74, 6) is -0.501. The average molecular weight is 230 g/mol. The van der Waals surface area contributed by atoms with Crippen LogP contribution in [0.15, 0.2) is 0 Å². The fraction of sp³-hybridized carbons (Fsp3) is 1.00. The maximum Gasteiger partial charge on any atom is 0.267 e. The van der Waals surface area contributed by atoms with Gasteiger partial charge in [-0.3, -0.25) is 4.55 Å². The molecule has 0 bridgehead atoms. The van der Waals surface area contributed by atoms with Crippen molar-refractivity contribution in [2.24, 2.45) is 0 Å². The Morgan fingerprint density at radius 3 is 2.43 bits per heavy atom. The largest absolute Gasteiger partial charge is 0.394 e. The van der Waals surface area contributed by atoms with Crippen molar-refractivity contribution in [3.05, 3.63) is 0 Å². The van der Waals surface area contributed by atoms with Crippen LogP contribution in [-0.2, 0) is 19.6 Å². The molecule has 14 heavy (non-hydrogen) atoms. The Balaban J connectivity index is 3.23. The first-order valence-corrected chi connectivity index (χ1v) is 5.46. The van der Waals surface area contributed by atoms with Crippen molar-refractivity contribution in [3.8, 4) is 0 Å². The van der Waals surface area contributed by atoms with Crippen LogP contribution in [0.3, 0.4) is 0 Å². The molecule has 0 aromatic carbocycles. The summed E-state index contributed by atoms with van der Waals surface area (Å²) in [6, 6.07) is 0. The maximum atomic E-state index is 10.2. The summed E-state index contributed by atoms with van der Waals surface area (Å²) in [5, 5.41) is 17.1. The molecule has 0 aliphatic rings. The monoisotopic (exact) mass is 230 g/mol. The van der Waals surface area contributed by atoms with E-state index in [1.165, 1.54) is 0 Å². The van der Waals surface area contributed by atoms with Crippen LogP contribution in [0.1, 0.15) is 0 Å². The fourth-order valence-electron chi connectivity index (χ4n) is 0.519. The molecule has 0 fully saturated rings. The molecule has 8 heteroatoms. The number of rotatable bonds is 8. The van der Waals surface area contributed by atoms with E-state index in [0.29, 0.717) is 0 Å². The van der Waals surface area contributed by atoms with Crippen LogP contribution in [0, 0.1) is 0 Å². The van der Waals surface area contributed by atoms with Gasteiger partial charge < -0.3 is 19.7 Å². The topological polar surface area (TPSA) is 113 Å². The molecule has 7 nitrogen and oxygen atoms in total. The van der Waals surface area contributed by atoms with E-state index in [1.54, 1.807) is 0 Å². The highest BCUT2D eigenvalue weighted by Gasteiger charge is 2.04. The van der Waals surface area contributed by atoms with E-state index in [9.17, 15) is 8.42 Å². The predicted octanol–water partition coefficient (Wildman–Crippen LogP) is -1.78. The summed E-state index contributed by atoms with van der Waals surface area (Å²) in [7, 11) is -4.00. The quantitative estimate of drug-likeness (QED) is 0.256. The second-order valence-electron chi connectivity index (χ2n) is 2.52. The number of hydrogen-bond donors (Lipinski definition) is 3. The summed E-state index contributed by atoms with van der Waals surface area (Å²) in [5.41, 5.74) is 0. The van der Waals surface area contributed by atoms with Crippen LogP contribution in [-0.4, -0.2) is 61.7 Å². The molecule has 0 radical (unpaired) electrons. The third-order valence-corrected chi connectivity index (χ3v) is 1.86. The van der Waals surface area contributed by atoms with Gasteiger partial charge in [0, 0.05) is 0 Å². The van der Waals surface area contributed by atoms with Crippen LogP contribution in [0.4, 0.5) is 0 Å². The number of aliphatic hydroxyl groups excluding tert-OH is 2. The Hall–Kier alpha value is -0.250. The van der Waals surface area contributed by atoms with Crippen molar-refractivity contribution in [1.29, 1.82) is 0 Å². The summed E-state index contributed by atoms with van der Waals surface area (Å²) in [4.78, 5) is 0. The smallest absolute Gasteiger partial charge is 0.267 e. The van der Waals surface area contributed by atoms with Gasteiger partial charge in [-0.05, 0) is 0 Å². The molecule has 0 heterocycles. The molecule has 0 unspecified atom stereocenters. The Labute approximate surface area is 82.0 Å².